The predicted molar refractivity (Wildman–Crippen MR) is 136 cm³/mol. The molecule has 0 spiro atoms. The highest BCUT2D eigenvalue weighted by atomic mass is 35.5. The fourth-order valence-corrected chi connectivity index (χ4v) is 9.27. The van der Waals surface area contributed by atoms with Crippen LogP contribution in [0.15, 0.2) is 75.6 Å². The molecule has 2 aromatic heterocycles. The number of sulfonamides is 1. The topological polar surface area (TPSA) is 156 Å². The van der Waals surface area contributed by atoms with Crippen molar-refractivity contribution in [3.8, 4) is 0 Å². The standard InChI is InChI=1S/C20H16Cl2N4O6S4/c21-13-1-5-15(6-2-13)26-35(29,30)12-20-25-24-19(33-20)11-34(27,28)17-9-23-10-18(17)36(31,32)16-7-3-14(22)4-8-16/h1-10,23,26H,11-12H2. The smallest absolute Gasteiger partial charge is 0.239 e. The summed E-state index contributed by atoms with van der Waals surface area (Å²) in [4.78, 5) is 1.54. The summed E-state index contributed by atoms with van der Waals surface area (Å²) < 4.78 is 79.4. The van der Waals surface area contributed by atoms with Crippen molar-refractivity contribution in [1.29, 1.82) is 0 Å². The number of hydrogen-bond donors (Lipinski definition) is 2. The first-order valence-corrected chi connectivity index (χ1v) is 16.2. The molecule has 0 aliphatic carbocycles. The third-order valence-electron chi connectivity index (χ3n) is 4.67. The molecule has 0 bridgehead atoms. The molecule has 0 aliphatic heterocycles. The van der Waals surface area contributed by atoms with E-state index in [0.29, 0.717) is 15.7 Å². The van der Waals surface area contributed by atoms with Gasteiger partial charge in [0.25, 0.3) is 0 Å². The van der Waals surface area contributed by atoms with E-state index in [2.05, 4.69) is 19.9 Å². The van der Waals surface area contributed by atoms with Gasteiger partial charge in [0.05, 0.1) is 4.90 Å². The number of aromatic amines is 1. The first kappa shape index (κ1) is 26.6. The van der Waals surface area contributed by atoms with Crippen LogP contribution in [0.1, 0.15) is 10.0 Å². The van der Waals surface area contributed by atoms with Crippen LogP contribution >= 0.6 is 34.5 Å². The van der Waals surface area contributed by atoms with Crippen molar-refractivity contribution in [2.75, 3.05) is 4.72 Å². The van der Waals surface area contributed by atoms with Crippen LogP contribution in [-0.4, -0.2) is 40.4 Å². The Labute approximate surface area is 221 Å². The Morgan fingerprint density at radius 3 is 1.89 bits per heavy atom. The molecule has 0 saturated heterocycles. The van der Waals surface area contributed by atoms with E-state index >= 15 is 0 Å². The molecule has 0 fully saturated rings. The number of anilines is 1. The van der Waals surface area contributed by atoms with Crippen LogP contribution in [-0.2, 0) is 41.2 Å². The zero-order valence-corrected chi connectivity index (χ0v) is 22.7. The second-order valence-electron chi connectivity index (χ2n) is 7.36. The third kappa shape index (κ3) is 6.07. The highest BCUT2D eigenvalue weighted by molar-refractivity contribution is 7.94. The van der Waals surface area contributed by atoms with E-state index in [-0.39, 0.29) is 14.9 Å². The number of halogens is 2. The number of nitrogens with one attached hydrogen (secondary N) is 2. The quantitative estimate of drug-likeness (QED) is 0.290. The molecular weight excluding hydrogens is 591 g/mol. The average molecular weight is 608 g/mol. The second-order valence-corrected chi connectivity index (χ2v) is 15.0. The number of H-pyrrole nitrogens is 1. The normalized spacial score (nSPS) is 12.5. The lowest BCUT2D eigenvalue weighted by molar-refractivity contribution is 0.583. The van der Waals surface area contributed by atoms with Gasteiger partial charge in [-0.2, -0.15) is 0 Å². The molecule has 0 unspecified atom stereocenters. The fourth-order valence-electron chi connectivity index (χ4n) is 3.07. The minimum Gasteiger partial charge on any atom is -0.365 e. The molecule has 2 aromatic carbocycles. The predicted octanol–water partition coefficient (Wildman–Crippen LogP) is 3.92. The van der Waals surface area contributed by atoms with Crippen molar-refractivity contribution in [3.05, 3.63) is 81.0 Å². The zero-order chi connectivity index (χ0) is 26.1. The summed E-state index contributed by atoms with van der Waals surface area (Å²) in [5.41, 5.74) is 0.300. The first-order chi connectivity index (χ1) is 16.9. The summed E-state index contributed by atoms with van der Waals surface area (Å²) in [6.07, 6.45) is 2.15. The van der Waals surface area contributed by atoms with E-state index < -0.39 is 51.0 Å². The van der Waals surface area contributed by atoms with Crippen LogP contribution in [0.3, 0.4) is 0 Å². The van der Waals surface area contributed by atoms with Crippen molar-refractivity contribution >= 4 is 69.9 Å². The number of rotatable bonds is 9. The summed E-state index contributed by atoms with van der Waals surface area (Å²) in [7, 11) is -12.2. The minimum absolute atomic E-state index is 0.00253. The van der Waals surface area contributed by atoms with E-state index in [9.17, 15) is 25.3 Å². The molecule has 4 rings (SSSR count). The number of sulfone groups is 2. The fraction of sp³-hybridized carbons (Fsp3) is 0.100. The van der Waals surface area contributed by atoms with Gasteiger partial charge in [0.2, 0.25) is 19.9 Å². The monoisotopic (exact) mass is 606 g/mol. The van der Waals surface area contributed by atoms with Crippen LogP contribution in [0.5, 0.6) is 0 Å². The van der Waals surface area contributed by atoms with Crippen molar-refractivity contribution in [2.24, 2.45) is 0 Å². The number of nitrogens with zero attached hydrogens (tertiary/aromatic N) is 2. The van der Waals surface area contributed by atoms with Gasteiger partial charge in [-0.3, -0.25) is 4.72 Å². The van der Waals surface area contributed by atoms with Gasteiger partial charge in [0, 0.05) is 28.1 Å². The molecule has 36 heavy (non-hydrogen) atoms. The molecule has 4 aromatic rings. The summed E-state index contributed by atoms with van der Waals surface area (Å²) in [6, 6.07) is 11.3. The highest BCUT2D eigenvalue weighted by Crippen LogP contribution is 2.30. The summed E-state index contributed by atoms with van der Waals surface area (Å²) >= 11 is 12.4. The Bertz CT molecular complexity index is 1710. The molecule has 0 aliphatic rings. The van der Waals surface area contributed by atoms with E-state index in [1.54, 1.807) is 0 Å². The van der Waals surface area contributed by atoms with Gasteiger partial charge in [0.15, 0.2) is 9.84 Å². The van der Waals surface area contributed by atoms with Crippen LogP contribution in [0.25, 0.3) is 0 Å². The molecular formula is C20H16Cl2N4O6S4. The van der Waals surface area contributed by atoms with Gasteiger partial charge < -0.3 is 4.98 Å². The van der Waals surface area contributed by atoms with Gasteiger partial charge in [-0.15, -0.1) is 10.2 Å². The number of benzene rings is 2. The minimum atomic E-state index is -4.19. The second kappa shape index (κ2) is 10.1. The van der Waals surface area contributed by atoms with Crippen molar-refractivity contribution in [1.82, 2.24) is 15.2 Å². The average Bonchev–Trinajstić information content (AvgIpc) is 3.45. The molecule has 2 heterocycles. The van der Waals surface area contributed by atoms with Gasteiger partial charge in [-0.05, 0) is 48.5 Å². The lowest BCUT2D eigenvalue weighted by atomic mass is 10.3. The molecule has 0 saturated carbocycles. The van der Waals surface area contributed by atoms with Crippen molar-refractivity contribution in [3.63, 3.8) is 0 Å². The lowest BCUT2D eigenvalue weighted by Gasteiger charge is -2.07. The molecule has 190 valence electrons. The maximum atomic E-state index is 13.1. The SMILES string of the molecule is O=S(=O)(Cc1nnc(CS(=O)(=O)c2c[nH]cc2S(=O)(=O)c2ccc(Cl)cc2)s1)Nc1ccc(Cl)cc1. The van der Waals surface area contributed by atoms with Crippen LogP contribution in [0.2, 0.25) is 10.0 Å². The Kier molecular flexibility index (Phi) is 7.46. The highest BCUT2D eigenvalue weighted by Gasteiger charge is 2.30. The van der Waals surface area contributed by atoms with E-state index in [1.807, 2.05) is 0 Å². The van der Waals surface area contributed by atoms with Gasteiger partial charge in [-0.25, -0.2) is 25.3 Å². The van der Waals surface area contributed by atoms with E-state index in [1.165, 1.54) is 48.5 Å². The van der Waals surface area contributed by atoms with Crippen molar-refractivity contribution < 1.29 is 25.3 Å². The zero-order valence-electron chi connectivity index (χ0n) is 17.9. The Balaban J connectivity index is 1.52. The summed E-state index contributed by atoms with van der Waals surface area (Å²) in [6.45, 7) is 0. The van der Waals surface area contributed by atoms with Gasteiger partial charge in [-0.1, -0.05) is 34.5 Å². The molecule has 0 radical (unpaired) electrons. The van der Waals surface area contributed by atoms with Crippen LogP contribution < -0.4 is 4.72 Å². The molecule has 0 atom stereocenters. The maximum Gasteiger partial charge on any atom is 0.239 e. The first-order valence-electron chi connectivity index (χ1n) is 9.83. The summed E-state index contributed by atoms with van der Waals surface area (Å²) in [5.74, 6) is -1.20. The largest absolute Gasteiger partial charge is 0.365 e. The number of aromatic nitrogens is 3. The van der Waals surface area contributed by atoms with E-state index in [0.717, 1.165) is 23.7 Å². The lowest BCUT2D eigenvalue weighted by Crippen LogP contribution is -2.14. The van der Waals surface area contributed by atoms with Gasteiger partial charge >= 0.3 is 0 Å². The number of hydrogen-bond acceptors (Lipinski definition) is 9. The van der Waals surface area contributed by atoms with E-state index in [4.69, 9.17) is 23.2 Å². The molecule has 16 heteroatoms. The maximum absolute atomic E-state index is 13.1. The third-order valence-corrected chi connectivity index (χ3v) is 11.3. The Morgan fingerprint density at radius 1 is 0.750 bits per heavy atom. The van der Waals surface area contributed by atoms with Crippen LogP contribution in [0.4, 0.5) is 5.69 Å². The Morgan fingerprint density at radius 2 is 1.28 bits per heavy atom. The van der Waals surface area contributed by atoms with Crippen molar-refractivity contribution in [2.45, 2.75) is 26.2 Å². The molecule has 10 nitrogen and oxygen atoms in total. The summed E-state index contributed by atoms with van der Waals surface area (Å²) in [5, 5.41) is 8.39. The Hall–Kier alpha value is -2.49. The molecule has 0 amide bonds. The van der Waals surface area contributed by atoms with Gasteiger partial charge in [0.1, 0.15) is 31.3 Å². The molecule has 2 N–H and O–H groups in total. The van der Waals surface area contributed by atoms with Crippen LogP contribution in [0, 0.1) is 0 Å².